The lowest BCUT2D eigenvalue weighted by atomic mass is 10.1. The van der Waals surface area contributed by atoms with E-state index in [1.807, 2.05) is 6.20 Å². The Labute approximate surface area is 97.7 Å². The zero-order chi connectivity index (χ0) is 11.1. The van der Waals surface area contributed by atoms with Gasteiger partial charge in [0.15, 0.2) is 0 Å². The molecule has 0 N–H and O–H groups in total. The number of imidazole rings is 1. The van der Waals surface area contributed by atoms with Crippen LogP contribution in [-0.4, -0.2) is 14.9 Å². The molecule has 1 aromatic rings. The molecule has 0 aliphatic heterocycles. The van der Waals surface area contributed by atoms with Crippen LogP contribution in [0.1, 0.15) is 45.4 Å². The number of hydrogen-bond acceptors (Lipinski definition) is 1. The quantitative estimate of drug-likeness (QED) is 0.652. The molecule has 1 unspecified atom stereocenters. The van der Waals surface area contributed by atoms with Gasteiger partial charge in [-0.2, -0.15) is 0 Å². The van der Waals surface area contributed by atoms with Gasteiger partial charge in [-0.1, -0.05) is 13.8 Å². The first-order valence-corrected chi connectivity index (χ1v) is 6.35. The van der Waals surface area contributed by atoms with E-state index in [0.717, 1.165) is 38.6 Å². The average Bonchev–Trinajstić information content (AvgIpc) is 2.66. The van der Waals surface area contributed by atoms with E-state index in [1.54, 1.807) is 0 Å². The molecule has 0 saturated carbocycles. The zero-order valence-electron chi connectivity index (χ0n) is 9.75. The van der Waals surface area contributed by atoms with Gasteiger partial charge in [0, 0.05) is 30.7 Å². The highest BCUT2D eigenvalue weighted by molar-refractivity contribution is 6.20. The van der Waals surface area contributed by atoms with Crippen LogP contribution in [0.2, 0.25) is 0 Å². The van der Waals surface area contributed by atoms with Crippen molar-refractivity contribution in [1.29, 1.82) is 0 Å². The first kappa shape index (κ1) is 12.6. The highest BCUT2D eigenvalue weighted by Gasteiger charge is 2.04. The lowest BCUT2D eigenvalue weighted by molar-refractivity contribution is 0.601. The number of nitrogens with zero attached hydrogens (tertiary/aromatic N) is 2. The molecule has 0 amide bonds. The molecule has 0 radical (unpaired) electrons. The van der Waals surface area contributed by atoms with Crippen molar-refractivity contribution >= 4 is 11.6 Å². The van der Waals surface area contributed by atoms with Crippen molar-refractivity contribution in [3.63, 3.8) is 0 Å². The third kappa shape index (κ3) is 4.25. The summed E-state index contributed by atoms with van der Waals surface area (Å²) in [7, 11) is 0. The van der Waals surface area contributed by atoms with Crippen molar-refractivity contribution in [2.75, 3.05) is 0 Å². The van der Waals surface area contributed by atoms with Gasteiger partial charge in [-0.25, -0.2) is 4.98 Å². The molecule has 1 atom stereocenters. The Morgan fingerprint density at radius 2 is 2.27 bits per heavy atom. The summed E-state index contributed by atoms with van der Waals surface area (Å²) >= 11 is 6.08. The normalized spacial score (nSPS) is 13.0. The Kier molecular flexibility index (Phi) is 5.77. The molecule has 0 aromatic carbocycles. The van der Waals surface area contributed by atoms with Gasteiger partial charge in [0.05, 0.1) is 0 Å². The summed E-state index contributed by atoms with van der Waals surface area (Å²) in [6, 6.07) is 0. The predicted molar refractivity (Wildman–Crippen MR) is 65.4 cm³/mol. The van der Waals surface area contributed by atoms with Crippen LogP contribution in [0.3, 0.4) is 0 Å². The minimum atomic E-state index is 0.333. The standard InChI is InChI=1S/C12H21ClN2/c1-3-9-15-10-8-14-12(15)7-5-6-11(13)4-2/h8,10-11H,3-7,9H2,1-2H3. The summed E-state index contributed by atoms with van der Waals surface area (Å²) < 4.78 is 2.25. The predicted octanol–water partition coefficient (Wildman–Crippen LogP) is 3.63. The van der Waals surface area contributed by atoms with Crippen molar-refractivity contribution in [3.05, 3.63) is 18.2 Å². The molecular weight excluding hydrogens is 208 g/mol. The molecule has 1 heterocycles. The topological polar surface area (TPSA) is 17.8 Å². The van der Waals surface area contributed by atoms with Gasteiger partial charge in [0.25, 0.3) is 0 Å². The smallest absolute Gasteiger partial charge is 0.108 e. The molecule has 3 heteroatoms. The van der Waals surface area contributed by atoms with E-state index in [1.165, 1.54) is 5.82 Å². The molecule has 0 aliphatic rings. The van der Waals surface area contributed by atoms with Crippen LogP contribution >= 0.6 is 11.6 Å². The summed E-state index contributed by atoms with van der Waals surface area (Å²) in [5.74, 6) is 1.21. The second-order valence-corrected chi connectivity index (χ2v) is 4.55. The molecule has 0 saturated heterocycles. The molecule has 86 valence electrons. The van der Waals surface area contributed by atoms with Crippen molar-refractivity contribution in [2.45, 2.75) is 57.9 Å². The van der Waals surface area contributed by atoms with E-state index in [2.05, 4.69) is 29.6 Å². The van der Waals surface area contributed by atoms with Gasteiger partial charge in [-0.05, 0) is 25.7 Å². The Bertz CT molecular complexity index is 270. The van der Waals surface area contributed by atoms with E-state index in [-0.39, 0.29) is 0 Å². The fourth-order valence-electron chi connectivity index (χ4n) is 1.70. The Hall–Kier alpha value is -0.500. The molecule has 2 nitrogen and oxygen atoms in total. The fourth-order valence-corrected chi connectivity index (χ4v) is 1.85. The molecule has 15 heavy (non-hydrogen) atoms. The fraction of sp³-hybridized carbons (Fsp3) is 0.750. The van der Waals surface area contributed by atoms with E-state index in [9.17, 15) is 0 Å². The Balaban J connectivity index is 2.33. The number of rotatable bonds is 7. The summed E-state index contributed by atoms with van der Waals surface area (Å²) in [5, 5.41) is 0.333. The number of aromatic nitrogens is 2. The van der Waals surface area contributed by atoms with Crippen LogP contribution in [0, 0.1) is 0 Å². The maximum atomic E-state index is 6.08. The second-order valence-electron chi connectivity index (χ2n) is 3.93. The summed E-state index contributed by atoms with van der Waals surface area (Å²) in [6.45, 7) is 5.40. The van der Waals surface area contributed by atoms with E-state index < -0.39 is 0 Å². The first-order chi connectivity index (χ1) is 7.27. The Morgan fingerprint density at radius 1 is 1.47 bits per heavy atom. The Morgan fingerprint density at radius 3 is 2.93 bits per heavy atom. The zero-order valence-corrected chi connectivity index (χ0v) is 10.5. The maximum absolute atomic E-state index is 6.08. The molecule has 1 aromatic heterocycles. The van der Waals surface area contributed by atoms with Crippen LogP contribution in [0.4, 0.5) is 0 Å². The van der Waals surface area contributed by atoms with Crippen molar-refractivity contribution in [2.24, 2.45) is 0 Å². The van der Waals surface area contributed by atoms with Gasteiger partial charge < -0.3 is 4.57 Å². The number of hydrogen-bond donors (Lipinski definition) is 0. The monoisotopic (exact) mass is 228 g/mol. The van der Waals surface area contributed by atoms with Crippen LogP contribution < -0.4 is 0 Å². The molecule has 0 aliphatic carbocycles. The minimum absolute atomic E-state index is 0.333. The van der Waals surface area contributed by atoms with Gasteiger partial charge >= 0.3 is 0 Å². The third-order valence-electron chi connectivity index (χ3n) is 2.63. The van der Waals surface area contributed by atoms with Crippen LogP contribution in [-0.2, 0) is 13.0 Å². The summed E-state index contributed by atoms with van der Waals surface area (Å²) in [4.78, 5) is 4.38. The van der Waals surface area contributed by atoms with Gasteiger partial charge in [0.1, 0.15) is 5.82 Å². The highest BCUT2D eigenvalue weighted by Crippen LogP contribution is 2.12. The summed E-state index contributed by atoms with van der Waals surface area (Å²) in [5.41, 5.74) is 0. The van der Waals surface area contributed by atoms with E-state index in [0.29, 0.717) is 5.38 Å². The largest absolute Gasteiger partial charge is 0.335 e. The van der Waals surface area contributed by atoms with Crippen LogP contribution in [0.25, 0.3) is 0 Å². The average molecular weight is 229 g/mol. The van der Waals surface area contributed by atoms with E-state index in [4.69, 9.17) is 11.6 Å². The number of aryl methyl sites for hydroxylation is 2. The van der Waals surface area contributed by atoms with Gasteiger partial charge in [-0.15, -0.1) is 11.6 Å². The SMILES string of the molecule is CCCn1ccnc1CCCC(Cl)CC. The minimum Gasteiger partial charge on any atom is -0.335 e. The molecule has 0 fully saturated rings. The third-order valence-corrected chi connectivity index (χ3v) is 3.15. The number of alkyl halides is 1. The van der Waals surface area contributed by atoms with Gasteiger partial charge in [-0.3, -0.25) is 0 Å². The van der Waals surface area contributed by atoms with Crippen LogP contribution in [0.15, 0.2) is 12.4 Å². The van der Waals surface area contributed by atoms with Gasteiger partial charge in [0.2, 0.25) is 0 Å². The lowest BCUT2D eigenvalue weighted by Gasteiger charge is -2.07. The molecule has 0 bridgehead atoms. The molecule has 0 spiro atoms. The number of halogens is 1. The molecular formula is C12H21ClN2. The van der Waals surface area contributed by atoms with Crippen molar-refractivity contribution in [1.82, 2.24) is 9.55 Å². The highest BCUT2D eigenvalue weighted by atomic mass is 35.5. The van der Waals surface area contributed by atoms with E-state index >= 15 is 0 Å². The second kappa shape index (κ2) is 6.89. The summed E-state index contributed by atoms with van der Waals surface area (Å²) in [6.07, 6.45) is 9.47. The lowest BCUT2D eigenvalue weighted by Crippen LogP contribution is -2.04. The van der Waals surface area contributed by atoms with Crippen LogP contribution in [0.5, 0.6) is 0 Å². The maximum Gasteiger partial charge on any atom is 0.108 e. The van der Waals surface area contributed by atoms with Crippen molar-refractivity contribution in [3.8, 4) is 0 Å². The van der Waals surface area contributed by atoms with Crippen molar-refractivity contribution < 1.29 is 0 Å². The first-order valence-electron chi connectivity index (χ1n) is 5.92. The molecule has 1 rings (SSSR count).